The van der Waals surface area contributed by atoms with Gasteiger partial charge in [0.2, 0.25) is 11.6 Å². The summed E-state index contributed by atoms with van der Waals surface area (Å²) in [5.41, 5.74) is 2.65. The van der Waals surface area contributed by atoms with Crippen LogP contribution in [-0.4, -0.2) is 84.9 Å². The summed E-state index contributed by atoms with van der Waals surface area (Å²) in [5.74, 6) is 3.02. The minimum atomic E-state index is -2.69. The predicted octanol–water partition coefficient (Wildman–Crippen LogP) is -2.07. The van der Waals surface area contributed by atoms with Crippen molar-refractivity contribution < 1.29 is 44.8 Å². The highest BCUT2D eigenvalue weighted by Gasteiger charge is 2.55. The number of carbonyl (C=O) groups is 3. The van der Waals surface area contributed by atoms with Gasteiger partial charge in [-0.3, -0.25) is 14.8 Å². The average molecular weight is 422 g/mol. The highest BCUT2D eigenvalue weighted by atomic mass is 16.5. The molecular weight excluding hydrogens is 400 g/mol. The summed E-state index contributed by atoms with van der Waals surface area (Å²) in [4.78, 5) is 35.3. The Bertz CT molecular complexity index is 893. The standard InChI is InChI=1S/C19H22N2O9/c1-10(21(29)18(20)27)5-6-11-3-2-4-12(7-11)30-9-14(23)19(28)8-13(22)15(24)16(25)17(19)26/h2-4,7,10,13,15-16,22,24-25,28-29H,8-9H2,1H3,(H2,20,27)/t10?,13-,15?,16-,19?/m1/s1. The Hall–Kier alpha value is -3.01. The number of ketones is 2. The van der Waals surface area contributed by atoms with Crippen molar-refractivity contribution in [1.82, 2.24) is 5.06 Å². The highest BCUT2D eigenvalue weighted by molar-refractivity contribution is 6.13. The number of aliphatic hydroxyl groups excluding tert-OH is 3. The first-order valence-corrected chi connectivity index (χ1v) is 8.83. The van der Waals surface area contributed by atoms with E-state index in [0.29, 0.717) is 5.56 Å². The molecule has 3 unspecified atom stereocenters. The number of Topliss-reactive ketones (excluding diaryl/α,β-unsaturated/α-hetero) is 2. The molecule has 11 heteroatoms. The minimum absolute atomic E-state index is 0.159. The molecule has 5 atom stereocenters. The van der Waals surface area contributed by atoms with E-state index in [4.69, 9.17) is 10.5 Å². The number of ether oxygens (including phenoxy) is 1. The van der Waals surface area contributed by atoms with E-state index in [9.17, 15) is 40.0 Å². The summed E-state index contributed by atoms with van der Waals surface area (Å²) in [5, 5.41) is 48.8. The molecule has 0 aliphatic heterocycles. The largest absolute Gasteiger partial charge is 0.486 e. The molecule has 30 heavy (non-hydrogen) atoms. The zero-order valence-corrected chi connectivity index (χ0v) is 15.9. The molecule has 1 aliphatic rings. The van der Waals surface area contributed by atoms with Crippen molar-refractivity contribution in [3.8, 4) is 17.6 Å². The molecule has 0 radical (unpaired) electrons. The number of urea groups is 1. The number of primary amides is 1. The molecule has 1 aromatic rings. The quantitative estimate of drug-likeness (QED) is 0.134. The molecule has 2 amide bonds. The molecule has 0 spiro atoms. The molecule has 0 bridgehead atoms. The molecular formula is C19H22N2O9. The van der Waals surface area contributed by atoms with Gasteiger partial charge in [-0.2, -0.15) is 5.06 Å². The van der Waals surface area contributed by atoms with Crippen LogP contribution in [-0.2, 0) is 9.59 Å². The Kier molecular flexibility index (Phi) is 7.14. The Labute approximate surface area is 171 Å². The van der Waals surface area contributed by atoms with Crippen LogP contribution in [0, 0.1) is 11.8 Å². The summed E-state index contributed by atoms with van der Waals surface area (Å²) < 4.78 is 5.28. The van der Waals surface area contributed by atoms with Gasteiger partial charge in [0.1, 0.15) is 30.6 Å². The zero-order valence-electron chi connectivity index (χ0n) is 15.9. The van der Waals surface area contributed by atoms with E-state index in [-0.39, 0.29) is 10.8 Å². The second-order valence-electron chi connectivity index (χ2n) is 6.80. The van der Waals surface area contributed by atoms with Gasteiger partial charge in [-0.1, -0.05) is 17.9 Å². The molecule has 0 saturated heterocycles. The van der Waals surface area contributed by atoms with E-state index in [1.807, 2.05) is 0 Å². The fraction of sp³-hybridized carbons (Fsp3) is 0.421. The van der Waals surface area contributed by atoms with Gasteiger partial charge >= 0.3 is 6.03 Å². The van der Waals surface area contributed by atoms with Crippen molar-refractivity contribution in [2.24, 2.45) is 5.73 Å². The molecule has 1 saturated carbocycles. The normalized spacial score (nSPS) is 26.9. The first-order chi connectivity index (χ1) is 14.0. The number of carbonyl (C=O) groups excluding carboxylic acids is 3. The highest BCUT2D eigenvalue weighted by Crippen LogP contribution is 2.27. The van der Waals surface area contributed by atoms with Gasteiger partial charge in [-0.05, 0) is 25.1 Å². The van der Waals surface area contributed by atoms with E-state index in [1.165, 1.54) is 19.1 Å². The molecule has 2 rings (SSSR count). The maximum Gasteiger partial charge on any atom is 0.339 e. The van der Waals surface area contributed by atoms with Crippen molar-refractivity contribution >= 4 is 17.6 Å². The Morgan fingerprint density at radius 3 is 2.67 bits per heavy atom. The maximum absolute atomic E-state index is 12.3. The first-order valence-electron chi connectivity index (χ1n) is 8.83. The van der Waals surface area contributed by atoms with Crippen molar-refractivity contribution in [3.63, 3.8) is 0 Å². The molecule has 0 heterocycles. The summed E-state index contributed by atoms with van der Waals surface area (Å²) in [7, 11) is 0. The Morgan fingerprint density at radius 1 is 1.37 bits per heavy atom. The smallest absolute Gasteiger partial charge is 0.339 e. The van der Waals surface area contributed by atoms with Crippen LogP contribution in [0.2, 0.25) is 0 Å². The third-order valence-electron chi connectivity index (χ3n) is 4.58. The van der Waals surface area contributed by atoms with Crippen molar-refractivity contribution in [2.75, 3.05) is 6.61 Å². The molecule has 11 nitrogen and oxygen atoms in total. The fourth-order valence-electron chi connectivity index (χ4n) is 2.76. The van der Waals surface area contributed by atoms with E-state index in [1.54, 1.807) is 12.1 Å². The lowest BCUT2D eigenvalue weighted by atomic mass is 9.76. The zero-order chi connectivity index (χ0) is 22.6. The van der Waals surface area contributed by atoms with Gasteiger partial charge in [0.15, 0.2) is 5.60 Å². The van der Waals surface area contributed by atoms with E-state index >= 15 is 0 Å². The van der Waals surface area contributed by atoms with Gasteiger partial charge in [0.05, 0.1) is 6.10 Å². The first kappa shape index (κ1) is 23.3. The average Bonchev–Trinajstić information content (AvgIpc) is 2.72. The Balaban J connectivity index is 2.06. The monoisotopic (exact) mass is 422 g/mol. The molecule has 1 fully saturated rings. The summed E-state index contributed by atoms with van der Waals surface area (Å²) in [6.45, 7) is 0.690. The van der Waals surface area contributed by atoms with Crippen LogP contribution in [0.25, 0.3) is 0 Å². The van der Waals surface area contributed by atoms with Crippen LogP contribution in [0.15, 0.2) is 24.3 Å². The Morgan fingerprint density at radius 2 is 2.03 bits per heavy atom. The van der Waals surface area contributed by atoms with Crippen molar-refractivity contribution in [3.05, 3.63) is 29.8 Å². The fourth-order valence-corrected chi connectivity index (χ4v) is 2.76. The molecule has 7 N–H and O–H groups in total. The van der Waals surface area contributed by atoms with E-state index < -0.39 is 60.6 Å². The van der Waals surface area contributed by atoms with Gasteiger partial charge in [-0.25, -0.2) is 4.79 Å². The minimum Gasteiger partial charge on any atom is -0.486 e. The molecule has 1 aliphatic carbocycles. The van der Waals surface area contributed by atoms with E-state index in [0.717, 1.165) is 0 Å². The summed E-state index contributed by atoms with van der Waals surface area (Å²) in [6.07, 6.45) is -6.34. The number of hydrogen-bond acceptors (Lipinski definition) is 9. The van der Waals surface area contributed by atoms with Gasteiger partial charge < -0.3 is 30.9 Å². The van der Waals surface area contributed by atoms with Crippen LogP contribution in [0.4, 0.5) is 4.79 Å². The van der Waals surface area contributed by atoms with Crippen LogP contribution in [0.3, 0.4) is 0 Å². The number of hydroxylamine groups is 2. The summed E-state index contributed by atoms with van der Waals surface area (Å²) >= 11 is 0. The van der Waals surface area contributed by atoms with Crippen LogP contribution in [0.1, 0.15) is 18.9 Å². The number of rotatable bonds is 5. The SMILES string of the molecule is CC(C#Cc1cccc(OCC(=O)C2(O)C[C@@H](O)C(O)[C@@H](O)C2=O)c1)N(O)C(N)=O. The number of amides is 2. The van der Waals surface area contributed by atoms with Crippen LogP contribution in [0.5, 0.6) is 5.75 Å². The second kappa shape index (κ2) is 9.21. The summed E-state index contributed by atoms with van der Waals surface area (Å²) in [6, 6.07) is 4.10. The van der Waals surface area contributed by atoms with Gasteiger partial charge in [0.25, 0.3) is 0 Å². The molecule has 0 aromatic heterocycles. The lowest BCUT2D eigenvalue weighted by molar-refractivity contribution is -0.182. The van der Waals surface area contributed by atoms with Gasteiger partial charge in [-0.15, -0.1) is 0 Å². The van der Waals surface area contributed by atoms with Gasteiger partial charge in [0, 0.05) is 12.0 Å². The third kappa shape index (κ3) is 4.93. The van der Waals surface area contributed by atoms with Crippen molar-refractivity contribution in [1.29, 1.82) is 0 Å². The third-order valence-corrected chi connectivity index (χ3v) is 4.58. The van der Waals surface area contributed by atoms with E-state index in [2.05, 4.69) is 11.8 Å². The number of hydrogen-bond donors (Lipinski definition) is 6. The number of nitrogens with two attached hydrogens (primary N) is 1. The molecule has 1 aromatic carbocycles. The number of benzene rings is 1. The number of nitrogens with zero attached hydrogens (tertiary/aromatic N) is 1. The number of aliphatic hydroxyl groups is 4. The van der Waals surface area contributed by atoms with Crippen LogP contribution >= 0.6 is 0 Å². The van der Waals surface area contributed by atoms with Crippen LogP contribution < -0.4 is 10.5 Å². The second-order valence-corrected chi connectivity index (χ2v) is 6.80. The van der Waals surface area contributed by atoms with Crippen molar-refractivity contribution in [2.45, 2.75) is 43.3 Å². The lowest BCUT2D eigenvalue weighted by Crippen LogP contribution is -2.64. The topological polar surface area (TPSA) is 191 Å². The lowest BCUT2D eigenvalue weighted by Gasteiger charge is -2.37. The maximum atomic E-state index is 12.3. The predicted molar refractivity (Wildman–Crippen MR) is 99.1 cm³/mol. The molecule has 162 valence electrons.